The predicted molar refractivity (Wildman–Crippen MR) is 67.4 cm³/mol. The van der Waals surface area contributed by atoms with Crippen LogP contribution in [0.5, 0.6) is 0 Å². The van der Waals surface area contributed by atoms with Crippen molar-refractivity contribution < 1.29 is 0 Å². The van der Waals surface area contributed by atoms with Gasteiger partial charge in [0.25, 0.3) is 0 Å². The molecule has 4 heteroatoms. The van der Waals surface area contributed by atoms with Gasteiger partial charge in [0.2, 0.25) is 0 Å². The molecule has 0 saturated carbocycles. The number of hydrogen-bond donors (Lipinski definition) is 2. The maximum absolute atomic E-state index is 3.97. The van der Waals surface area contributed by atoms with Crippen LogP contribution in [-0.2, 0) is 0 Å². The summed E-state index contributed by atoms with van der Waals surface area (Å²) in [4.78, 5) is 2.43. The van der Waals surface area contributed by atoms with E-state index in [4.69, 9.17) is 0 Å². The third kappa shape index (κ3) is 3.94. The fourth-order valence-electron chi connectivity index (χ4n) is 1.95. The molecule has 0 aliphatic rings. The van der Waals surface area contributed by atoms with E-state index in [1.54, 1.807) is 6.20 Å². The summed E-state index contributed by atoms with van der Waals surface area (Å²) < 4.78 is 0. The average molecular weight is 224 g/mol. The molecule has 2 N–H and O–H groups in total. The largest absolute Gasteiger partial charge is 0.305 e. The number of nitrogens with one attached hydrogen (secondary N) is 2. The number of aromatic nitrogens is 2. The second-order valence-electron chi connectivity index (χ2n) is 4.29. The number of aromatic amines is 1. The summed E-state index contributed by atoms with van der Waals surface area (Å²) >= 11 is 0. The zero-order valence-electron chi connectivity index (χ0n) is 10.8. The second-order valence-corrected chi connectivity index (χ2v) is 4.29. The van der Waals surface area contributed by atoms with E-state index in [1.807, 2.05) is 6.07 Å². The van der Waals surface area contributed by atoms with Gasteiger partial charge in [-0.05, 0) is 33.0 Å². The van der Waals surface area contributed by atoms with Crippen molar-refractivity contribution in [3.63, 3.8) is 0 Å². The number of hydrogen-bond acceptors (Lipinski definition) is 3. The zero-order chi connectivity index (χ0) is 12.0. The molecule has 2 atom stereocenters. The highest BCUT2D eigenvalue weighted by Gasteiger charge is 2.12. The van der Waals surface area contributed by atoms with Crippen LogP contribution in [-0.4, -0.2) is 40.8 Å². The first-order chi connectivity index (χ1) is 7.67. The highest BCUT2D eigenvalue weighted by molar-refractivity contribution is 5.03. The minimum atomic E-state index is 0.327. The van der Waals surface area contributed by atoms with Crippen LogP contribution in [0.3, 0.4) is 0 Å². The third-order valence-corrected chi connectivity index (χ3v) is 2.95. The van der Waals surface area contributed by atoms with Crippen molar-refractivity contribution in [3.8, 4) is 0 Å². The van der Waals surface area contributed by atoms with E-state index in [0.29, 0.717) is 12.1 Å². The Hall–Kier alpha value is -0.870. The Morgan fingerprint density at radius 2 is 2.06 bits per heavy atom. The molecule has 0 amide bonds. The topological polar surface area (TPSA) is 44.0 Å². The van der Waals surface area contributed by atoms with Crippen molar-refractivity contribution >= 4 is 0 Å². The van der Waals surface area contributed by atoms with E-state index in [0.717, 1.165) is 25.3 Å². The lowest BCUT2D eigenvalue weighted by molar-refractivity contribution is 0.263. The normalized spacial score (nSPS) is 15.3. The van der Waals surface area contributed by atoms with E-state index >= 15 is 0 Å². The Labute approximate surface area is 98.4 Å². The Morgan fingerprint density at radius 1 is 1.38 bits per heavy atom. The molecule has 0 fully saturated rings. The molecule has 2 unspecified atom stereocenters. The summed E-state index contributed by atoms with van der Waals surface area (Å²) in [5.74, 6) is 0. The number of likely N-dealkylation sites (N-methyl/N-ethyl adjacent to an activating group) is 1. The van der Waals surface area contributed by atoms with Crippen LogP contribution in [0.2, 0.25) is 0 Å². The minimum absolute atomic E-state index is 0.327. The minimum Gasteiger partial charge on any atom is -0.305 e. The molecule has 0 spiro atoms. The summed E-state index contributed by atoms with van der Waals surface area (Å²) in [6, 6.07) is 2.83. The molecular weight excluding hydrogens is 200 g/mol. The van der Waals surface area contributed by atoms with Crippen LogP contribution in [0, 0.1) is 0 Å². The van der Waals surface area contributed by atoms with Crippen molar-refractivity contribution in [3.05, 3.63) is 18.0 Å². The van der Waals surface area contributed by atoms with Gasteiger partial charge in [0.15, 0.2) is 0 Å². The van der Waals surface area contributed by atoms with Crippen molar-refractivity contribution in [1.82, 2.24) is 20.4 Å². The maximum atomic E-state index is 3.97. The second kappa shape index (κ2) is 6.66. The first kappa shape index (κ1) is 13.2. The van der Waals surface area contributed by atoms with E-state index < -0.39 is 0 Å². The lowest BCUT2D eigenvalue weighted by Gasteiger charge is -2.25. The van der Waals surface area contributed by atoms with Gasteiger partial charge >= 0.3 is 0 Å². The Kier molecular flexibility index (Phi) is 5.49. The van der Waals surface area contributed by atoms with Crippen LogP contribution < -0.4 is 5.32 Å². The smallest absolute Gasteiger partial charge is 0.0518 e. The molecule has 1 aromatic rings. The molecule has 92 valence electrons. The molecule has 0 aliphatic heterocycles. The molecule has 16 heavy (non-hydrogen) atoms. The molecular formula is C12H24N4. The van der Waals surface area contributed by atoms with Gasteiger partial charge in [-0.25, -0.2) is 0 Å². The molecule has 0 aromatic carbocycles. The highest BCUT2D eigenvalue weighted by Crippen LogP contribution is 2.08. The van der Waals surface area contributed by atoms with Crippen LogP contribution in [0.15, 0.2) is 12.3 Å². The number of rotatable bonds is 7. The van der Waals surface area contributed by atoms with Crippen molar-refractivity contribution in [1.29, 1.82) is 0 Å². The monoisotopic (exact) mass is 224 g/mol. The summed E-state index contributed by atoms with van der Waals surface area (Å²) in [5.41, 5.74) is 1.14. The first-order valence-corrected chi connectivity index (χ1v) is 6.15. The number of H-pyrrole nitrogens is 1. The standard InChI is InChI=1S/C12H24N4/c1-5-16(6-2)9-10(3)14-11(4)12-7-8-13-15-12/h7-8,10-11,14H,5-6,9H2,1-4H3,(H,13,15). The van der Waals surface area contributed by atoms with Gasteiger partial charge in [-0.3, -0.25) is 5.10 Å². The molecule has 1 aromatic heterocycles. The van der Waals surface area contributed by atoms with Crippen molar-refractivity contribution in [2.24, 2.45) is 0 Å². The predicted octanol–water partition coefficient (Wildman–Crippen LogP) is 1.79. The lowest BCUT2D eigenvalue weighted by Crippen LogP contribution is -2.40. The zero-order valence-corrected chi connectivity index (χ0v) is 10.8. The van der Waals surface area contributed by atoms with Crippen LogP contribution in [0.4, 0.5) is 0 Å². The SMILES string of the molecule is CCN(CC)CC(C)NC(C)c1ccn[nH]1. The number of nitrogens with zero attached hydrogens (tertiary/aromatic N) is 2. The maximum Gasteiger partial charge on any atom is 0.0518 e. The molecule has 4 nitrogen and oxygen atoms in total. The summed E-state index contributed by atoms with van der Waals surface area (Å²) in [6.07, 6.45) is 1.79. The highest BCUT2D eigenvalue weighted by atomic mass is 15.2. The lowest BCUT2D eigenvalue weighted by atomic mass is 10.2. The quantitative estimate of drug-likeness (QED) is 0.742. The Morgan fingerprint density at radius 3 is 2.56 bits per heavy atom. The van der Waals surface area contributed by atoms with E-state index in [9.17, 15) is 0 Å². The van der Waals surface area contributed by atoms with E-state index in [1.165, 1.54) is 0 Å². The molecule has 1 heterocycles. The van der Waals surface area contributed by atoms with Crippen LogP contribution >= 0.6 is 0 Å². The molecule has 0 radical (unpaired) electrons. The fraction of sp³-hybridized carbons (Fsp3) is 0.750. The first-order valence-electron chi connectivity index (χ1n) is 6.15. The third-order valence-electron chi connectivity index (χ3n) is 2.95. The van der Waals surface area contributed by atoms with Gasteiger partial charge in [-0.2, -0.15) is 5.10 Å². The summed E-state index contributed by atoms with van der Waals surface area (Å²) in [5, 5.41) is 10.5. The average Bonchev–Trinajstić information content (AvgIpc) is 2.79. The van der Waals surface area contributed by atoms with Gasteiger partial charge < -0.3 is 10.2 Å². The Balaban J connectivity index is 2.36. The Bertz CT molecular complexity index is 267. The van der Waals surface area contributed by atoms with Crippen molar-refractivity contribution in [2.45, 2.75) is 39.8 Å². The molecule has 1 rings (SSSR count). The summed E-state index contributed by atoms with van der Waals surface area (Å²) in [7, 11) is 0. The molecule has 0 aliphatic carbocycles. The van der Waals surface area contributed by atoms with E-state index in [2.05, 4.69) is 48.1 Å². The molecule has 0 saturated heterocycles. The van der Waals surface area contributed by atoms with Crippen LogP contribution in [0.25, 0.3) is 0 Å². The van der Waals surface area contributed by atoms with Crippen molar-refractivity contribution in [2.75, 3.05) is 19.6 Å². The van der Waals surface area contributed by atoms with Gasteiger partial charge in [0, 0.05) is 24.8 Å². The van der Waals surface area contributed by atoms with Gasteiger partial charge in [0.1, 0.15) is 0 Å². The van der Waals surface area contributed by atoms with Gasteiger partial charge in [0.05, 0.1) is 5.69 Å². The summed E-state index contributed by atoms with van der Waals surface area (Å²) in [6.45, 7) is 12.1. The van der Waals surface area contributed by atoms with Crippen LogP contribution in [0.1, 0.15) is 39.4 Å². The van der Waals surface area contributed by atoms with Gasteiger partial charge in [-0.1, -0.05) is 13.8 Å². The van der Waals surface area contributed by atoms with Gasteiger partial charge in [-0.15, -0.1) is 0 Å². The van der Waals surface area contributed by atoms with E-state index in [-0.39, 0.29) is 0 Å². The fourth-order valence-corrected chi connectivity index (χ4v) is 1.95. The molecule has 0 bridgehead atoms.